The number of ether oxygens (including phenoxy) is 2. The van der Waals surface area contributed by atoms with Crippen LogP contribution < -0.4 is 0 Å². The van der Waals surface area contributed by atoms with E-state index in [0.29, 0.717) is 0 Å². The summed E-state index contributed by atoms with van der Waals surface area (Å²) >= 11 is 0.0103. The molecule has 0 N–H and O–H groups in total. The normalized spacial score (nSPS) is 21.1. The molecule has 0 aliphatic carbocycles. The van der Waals surface area contributed by atoms with E-state index in [1.165, 1.54) is 5.57 Å². The minimum absolute atomic E-state index is 0.0103. The van der Waals surface area contributed by atoms with Gasteiger partial charge in [-0.3, -0.25) is 0 Å². The minimum Gasteiger partial charge on any atom is -0.496 e. The highest BCUT2D eigenvalue weighted by Crippen LogP contribution is 2.27. The van der Waals surface area contributed by atoms with E-state index < -0.39 is 0 Å². The second-order valence-electron chi connectivity index (χ2n) is 3.08. The zero-order chi connectivity index (χ0) is 9.80. The molecule has 14 heavy (non-hydrogen) atoms. The van der Waals surface area contributed by atoms with Crippen LogP contribution in [0.2, 0.25) is 0 Å². The summed E-state index contributed by atoms with van der Waals surface area (Å²) in [5.74, 6) is 2.01. The summed E-state index contributed by atoms with van der Waals surface area (Å²) in [7, 11) is 1.72. The molecule has 0 amide bonds. The molecule has 0 saturated carbocycles. The van der Waals surface area contributed by atoms with Crippen molar-refractivity contribution in [1.82, 2.24) is 0 Å². The highest BCUT2D eigenvalue weighted by molar-refractivity contribution is 14.2. The maximum Gasteiger partial charge on any atom is 0.131 e. The van der Waals surface area contributed by atoms with Gasteiger partial charge in [-0.05, 0) is 23.0 Å². The largest absolute Gasteiger partial charge is 0.496 e. The van der Waals surface area contributed by atoms with Gasteiger partial charge >= 0.3 is 0 Å². The molecule has 0 fully saturated rings. The van der Waals surface area contributed by atoms with Crippen LogP contribution >= 0.6 is 20.7 Å². The molecule has 0 spiro atoms. The molecule has 2 aliphatic rings. The second kappa shape index (κ2) is 4.77. The molecule has 0 aromatic heterocycles. The van der Waals surface area contributed by atoms with Crippen LogP contribution in [-0.4, -0.2) is 17.7 Å². The summed E-state index contributed by atoms with van der Waals surface area (Å²) in [5, 5.41) is 0. The smallest absolute Gasteiger partial charge is 0.131 e. The summed E-state index contributed by atoms with van der Waals surface area (Å²) in [6, 6.07) is 0. The van der Waals surface area contributed by atoms with Crippen LogP contribution in [0.4, 0.5) is 0 Å². The number of methoxy groups -OCH3 is 1. The molecule has 0 radical (unpaired) electrons. The van der Waals surface area contributed by atoms with E-state index in [0.717, 1.165) is 31.0 Å². The van der Waals surface area contributed by atoms with Gasteiger partial charge in [-0.25, -0.2) is 0 Å². The monoisotopic (exact) mass is 304 g/mol. The molecule has 0 aromatic carbocycles. The van der Waals surface area contributed by atoms with E-state index >= 15 is 0 Å². The van der Waals surface area contributed by atoms with Crippen LogP contribution in [0.25, 0.3) is 0 Å². The first-order chi connectivity index (χ1) is 6.92. The lowest BCUT2D eigenvalue weighted by Gasteiger charge is -2.20. The Balaban J connectivity index is 2.39. The lowest BCUT2D eigenvalue weighted by Crippen LogP contribution is -2.10. The standard InChI is InChI=1S/C11H13IO2/c1-13-10-5-2-6-12-8-11-9(10)4-3-7-14-11/h2,5-6,8H,3-4,7H2,1H3. The van der Waals surface area contributed by atoms with Gasteiger partial charge in [0.2, 0.25) is 0 Å². The first kappa shape index (κ1) is 9.96. The minimum atomic E-state index is 0.0103. The van der Waals surface area contributed by atoms with E-state index in [9.17, 15) is 0 Å². The van der Waals surface area contributed by atoms with E-state index in [2.05, 4.69) is 14.2 Å². The van der Waals surface area contributed by atoms with Crippen LogP contribution in [0.3, 0.4) is 0 Å². The van der Waals surface area contributed by atoms with Crippen molar-refractivity contribution in [3.05, 3.63) is 33.3 Å². The Morgan fingerprint density at radius 3 is 3.29 bits per heavy atom. The zero-order valence-corrected chi connectivity index (χ0v) is 10.3. The summed E-state index contributed by atoms with van der Waals surface area (Å²) < 4.78 is 15.4. The topological polar surface area (TPSA) is 18.5 Å². The number of allylic oxidation sites excluding steroid dienone is 4. The quantitative estimate of drug-likeness (QED) is 0.694. The van der Waals surface area contributed by atoms with Crippen molar-refractivity contribution >= 4 is 24.7 Å². The summed E-state index contributed by atoms with van der Waals surface area (Å²) in [5.41, 5.74) is 1.24. The van der Waals surface area contributed by atoms with Crippen molar-refractivity contribution in [2.24, 2.45) is 0 Å². The molecule has 0 bridgehead atoms. The number of hydrogen-bond acceptors (Lipinski definition) is 2. The zero-order valence-electron chi connectivity index (χ0n) is 8.13. The Bertz CT molecular complexity index is 337. The van der Waals surface area contributed by atoms with Crippen molar-refractivity contribution in [2.45, 2.75) is 12.8 Å². The molecular formula is C11H13IO2. The van der Waals surface area contributed by atoms with E-state index in [1.807, 2.05) is 6.08 Å². The van der Waals surface area contributed by atoms with Crippen molar-refractivity contribution < 1.29 is 9.47 Å². The molecule has 2 nitrogen and oxygen atoms in total. The van der Waals surface area contributed by atoms with Crippen LogP contribution in [0.15, 0.2) is 33.3 Å². The van der Waals surface area contributed by atoms with Crippen molar-refractivity contribution in [3.63, 3.8) is 0 Å². The van der Waals surface area contributed by atoms with Gasteiger partial charge in [-0.2, -0.15) is 0 Å². The Morgan fingerprint density at radius 2 is 2.43 bits per heavy atom. The number of rotatable bonds is 1. The van der Waals surface area contributed by atoms with Crippen LogP contribution in [0, 0.1) is 0 Å². The SMILES string of the molecule is COC1=CC=CI=CC2=C1CCCO2. The molecule has 0 unspecified atom stereocenters. The van der Waals surface area contributed by atoms with Gasteiger partial charge in [0.25, 0.3) is 0 Å². The van der Waals surface area contributed by atoms with Gasteiger partial charge in [0.05, 0.1) is 13.7 Å². The number of hydrogen-bond donors (Lipinski definition) is 0. The van der Waals surface area contributed by atoms with Gasteiger partial charge in [0, 0.05) is 9.58 Å². The molecule has 0 atom stereocenters. The Labute approximate surface area is 94.0 Å². The van der Waals surface area contributed by atoms with E-state index in [-0.39, 0.29) is 20.7 Å². The molecule has 2 heterocycles. The predicted octanol–water partition coefficient (Wildman–Crippen LogP) is 2.88. The molecule has 2 aliphatic heterocycles. The van der Waals surface area contributed by atoms with Crippen molar-refractivity contribution in [2.75, 3.05) is 13.7 Å². The maximum atomic E-state index is 5.65. The fourth-order valence-corrected chi connectivity index (χ4v) is 3.07. The van der Waals surface area contributed by atoms with E-state index in [1.54, 1.807) is 7.11 Å². The highest BCUT2D eigenvalue weighted by atomic mass is 127. The molecule has 76 valence electrons. The Hall–Kier alpha value is -0.580. The number of halogens is 1. The molecule has 3 heteroatoms. The first-order valence-electron chi connectivity index (χ1n) is 4.64. The van der Waals surface area contributed by atoms with Crippen molar-refractivity contribution in [1.29, 1.82) is 0 Å². The Kier molecular flexibility index (Phi) is 3.39. The van der Waals surface area contributed by atoms with Gasteiger partial charge in [-0.1, -0.05) is 26.8 Å². The van der Waals surface area contributed by atoms with Gasteiger partial charge < -0.3 is 9.47 Å². The lowest BCUT2D eigenvalue weighted by atomic mass is 10.0. The fourth-order valence-electron chi connectivity index (χ4n) is 1.53. The third-order valence-corrected chi connectivity index (χ3v) is 3.95. The first-order valence-corrected chi connectivity index (χ1v) is 7.13. The molecule has 0 aromatic rings. The molecular weight excluding hydrogens is 291 g/mol. The maximum absolute atomic E-state index is 5.65. The summed E-state index contributed by atoms with van der Waals surface area (Å²) in [6.45, 7) is 0.847. The molecule has 0 saturated heterocycles. The average molecular weight is 304 g/mol. The highest BCUT2D eigenvalue weighted by Gasteiger charge is 2.16. The summed E-state index contributed by atoms with van der Waals surface area (Å²) in [6.07, 6.45) is 6.29. The van der Waals surface area contributed by atoms with Crippen LogP contribution in [-0.2, 0) is 9.47 Å². The predicted molar refractivity (Wildman–Crippen MR) is 66.5 cm³/mol. The lowest BCUT2D eigenvalue weighted by molar-refractivity contribution is 0.200. The van der Waals surface area contributed by atoms with Gasteiger partial charge in [-0.15, -0.1) is 0 Å². The third-order valence-electron chi connectivity index (χ3n) is 2.20. The van der Waals surface area contributed by atoms with Gasteiger partial charge in [0.1, 0.15) is 11.5 Å². The van der Waals surface area contributed by atoms with Crippen LogP contribution in [0.5, 0.6) is 0 Å². The average Bonchev–Trinajstić information content (AvgIpc) is 2.20. The van der Waals surface area contributed by atoms with Gasteiger partial charge in [0.15, 0.2) is 0 Å². The second-order valence-corrected chi connectivity index (χ2v) is 5.14. The van der Waals surface area contributed by atoms with E-state index in [4.69, 9.17) is 9.47 Å². The van der Waals surface area contributed by atoms with Crippen molar-refractivity contribution in [3.8, 4) is 0 Å². The Morgan fingerprint density at radius 1 is 1.50 bits per heavy atom. The van der Waals surface area contributed by atoms with Crippen LogP contribution in [0.1, 0.15) is 12.8 Å². The third kappa shape index (κ3) is 2.08. The fraction of sp³-hybridized carbons (Fsp3) is 0.364. The summed E-state index contributed by atoms with van der Waals surface area (Å²) in [4.78, 5) is 0. The molecule has 2 rings (SSSR count).